The molecule has 0 unspecified atom stereocenters. The van der Waals surface area contributed by atoms with E-state index < -0.39 is 0 Å². The van der Waals surface area contributed by atoms with E-state index in [1.807, 2.05) is 40.9 Å². The molecule has 166 valence electrons. The molecule has 1 N–H and O–H groups in total. The molecule has 0 saturated carbocycles. The molecule has 1 aromatic carbocycles. The first-order valence-corrected chi connectivity index (χ1v) is 11.4. The van der Waals surface area contributed by atoms with Gasteiger partial charge in [0.2, 0.25) is 0 Å². The van der Waals surface area contributed by atoms with Gasteiger partial charge < -0.3 is 10.2 Å². The van der Waals surface area contributed by atoms with Gasteiger partial charge in [-0.3, -0.25) is 19.2 Å². The molecule has 3 heterocycles. The molecule has 2 aliphatic heterocycles. The Hall–Kier alpha value is -2.67. The molecule has 2 aromatic rings. The highest BCUT2D eigenvalue weighted by molar-refractivity contribution is 5.94. The zero-order valence-electron chi connectivity index (χ0n) is 18.9. The second-order valence-electron chi connectivity index (χ2n) is 9.16. The molecule has 1 fully saturated rings. The SMILES string of the molecule is CC(C)CNC(=O)c1ccc(CN2CCc3c(c(C(=O)N4CCCC4)nn3C)C2)cc1. The summed E-state index contributed by atoms with van der Waals surface area (Å²) in [5, 5.41) is 7.55. The third-order valence-electron chi connectivity index (χ3n) is 6.21. The number of aromatic nitrogens is 2. The van der Waals surface area contributed by atoms with Crippen molar-refractivity contribution in [1.29, 1.82) is 0 Å². The first-order valence-electron chi connectivity index (χ1n) is 11.4. The van der Waals surface area contributed by atoms with Crippen LogP contribution in [0.1, 0.15) is 64.4 Å². The van der Waals surface area contributed by atoms with Gasteiger partial charge in [0.15, 0.2) is 5.69 Å². The minimum absolute atomic E-state index is 0.0247. The van der Waals surface area contributed by atoms with Crippen LogP contribution in [0.2, 0.25) is 0 Å². The maximum absolute atomic E-state index is 13.0. The van der Waals surface area contributed by atoms with E-state index in [9.17, 15) is 9.59 Å². The largest absolute Gasteiger partial charge is 0.352 e. The Morgan fingerprint density at radius 1 is 1.10 bits per heavy atom. The van der Waals surface area contributed by atoms with E-state index in [4.69, 9.17) is 0 Å². The molecule has 2 aliphatic rings. The molecular weight excluding hydrogens is 390 g/mol. The predicted molar refractivity (Wildman–Crippen MR) is 120 cm³/mol. The molecule has 1 aromatic heterocycles. The van der Waals surface area contributed by atoms with E-state index in [1.54, 1.807) is 0 Å². The number of rotatable bonds is 6. The molecule has 2 amide bonds. The highest BCUT2D eigenvalue weighted by atomic mass is 16.2. The smallest absolute Gasteiger partial charge is 0.274 e. The van der Waals surface area contributed by atoms with Crippen molar-refractivity contribution in [1.82, 2.24) is 24.9 Å². The number of nitrogens with zero attached hydrogens (tertiary/aromatic N) is 4. The molecule has 0 atom stereocenters. The number of carbonyl (C=O) groups excluding carboxylic acids is 2. The minimum atomic E-state index is -0.0247. The lowest BCUT2D eigenvalue weighted by Gasteiger charge is -2.28. The molecule has 0 spiro atoms. The van der Waals surface area contributed by atoms with Gasteiger partial charge in [-0.1, -0.05) is 26.0 Å². The number of amides is 2. The summed E-state index contributed by atoms with van der Waals surface area (Å²) < 4.78 is 1.89. The summed E-state index contributed by atoms with van der Waals surface area (Å²) in [6.45, 7) is 8.98. The van der Waals surface area contributed by atoms with Gasteiger partial charge in [0.05, 0.1) is 0 Å². The van der Waals surface area contributed by atoms with Gasteiger partial charge in [0, 0.05) is 69.6 Å². The number of hydrogen-bond donors (Lipinski definition) is 1. The van der Waals surface area contributed by atoms with Crippen molar-refractivity contribution < 1.29 is 9.59 Å². The Labute approximate surface area is 184 Å². The zero-order chi connectivity index (χ0) is 22.0. The molecule has 0 bridgehead atoms. The van der Waals surface area contributed by atoms with E-state index >= 15 is 0 Å². The lowest BCUT2D eigenvalue weighted by molar-refractivity contribution is 0.0783. The summed E-state index contributed by atoms with van der Waals surface area (Å²) in [5.74, 6) is 0.484. The molecule has 4 rings (SSSR count). The van der Waals surface area contributed by atoms with Crippen LogP contribution in [-0.4, -0.2) is 57.6 Å². The highest BCUT2D eigenvalue weighted by Gasteiger charge is 2.30. The Morgan fingerprint density at radius 3 is 2.48 bits per heavy atom. The van der Waals surface area contributed by atoms with Gasteiger partial charge in [-0.2, -0.15) is 5.10 Å². The van der Waals surface area contributed by atoms with Crippen molar-refractivity contribution in [3.63, 3.8) is 0 Å². The molecule has 0 radical (unpaired) electrons. The monoisotopic (exact) mass is 423 g/mol. The lowest BCUT2D eigenvalue weighted by Crippen LogP contribution is -2.33. The lowest BCUT2D eigenvalue weighted by atomic mass is 10.0. The van der Waals surface area contributed by atoms with Crippen LogP contribution in [-0.2, 0) is 26.6 Å². The molecule has 0 aliphatic carbocycles. The van der Waals surface area contributed by atoms with Crippen molar-refractivity contribution in [2.75, 3.05) is 26.2 Å². The van der Waals surface area contributed by atoms with E-state index in [0.29, 0.717) is 23.7 Å². The topological polar surface area (TPSA) is 70.5 Å². The molecule has 7 heteroatoms. The third-order valence-corrected chi connectivity index (χ3v) is 6.21. The van der Waals surface area contributed by atoms with E-state index in [2.05, 4.69) is 29.2 Å². The Balaban J connectivity index is 1.42. The van der Waals surface area contributed by atoms with Crippen molar-refractivity contribution in [3.8, 4) is 0 Å². The van der Waals surface area contributed by atoms with Crippen molar-refractivity contribution >= 4 is 11.8 Å². The molecule has 31 heavy (non-hydrogen) atoms. The number of benzene rings is 1. The van der Waals surface area contributed by atoms with E-state index in [-0.39, 0.29) is 11.8 Å². The summed E-state index contributed by atoms with van der Waals surface area (Å²) in [5.41, 5.74) is 4.74. The Bertz CT molecular complexity index is 942. The predicted octanol–water partition coefficient (Wildman–Crippen LogP) is 2.60. The van der Waals surface area contributed by atoms with Crippen LogP contribution >= 0.6 is 0 Å². The first-order chi connectivity index (χ1) is 14.9. The number of likely N-dealkylation sites (tertiary alicyclic amines) is 1. The summed E-state index contributed by atoms with van der Waals surface area (Å²) >= 11 is 0. The fourth-order valence-corrected chi connectivity index (χ4v) is 4.44. The van der Waals surface area contributed by atoms with Crippen LogP contribution in [0.5, 0.6) is 0 Å². The molecule has 1 saturated heterocycles. The van der Waals surface area contributed by atoms with E-state index in [1.165, 1.54) is 11.3 Å². The normalized spacial score (nSPS) is 16.6. The number of aryl methyl sites for hydroxylation is 1. The van der Waals surface area contributed by atoms with Crippen LogP contribution in [0.3, 0.4) is 0 Å². The number of fused-ring (bicyclic) bond motifs is 1. The summed E-state index contributed by atoms with van der Waals surface area (Å²) in [7, 11) is 1.94. The average molecular weight is 424 g/mol. The maximum Gasteiger partial charge on any atom is 0.274 e. The zero-order valence-corrected chi connectivity index (χ0v) is 18.9. The van der Waals surface area contributed by atoms with Crippen LogP contribution in [0.25, 0.3) is 0 Å². The van der Waals surface area contributed by atoms with Crippen LogP contribution in [0.15, 0.2) is 24.3 Å². The summed E-state index contributed by atoms with van der Waals surface area (Å²) in [4.78, 5) is 29.5. The van der Waals surface area contributed by atoms with Crippen LogP contribution in [0.4, 0.5) is 0 Å². The van der Waals surface area contributed by atoms with Crippen molar-refractivity contribution in [2.24, 2.45) is 13.0 Å². The fraction of sp³-hybridized carbons (Fsp3) is 0.542. The fourth-order valence-electron chi connectivity index (χ4n) is 4.44. The summed E-state index contributed by atoms with van der Waals surface area (Å²) in [6, 6.07) is 7.85. The third kappa shape index (κ3) is 4.82. The molecular formula is C24H33N5O2. The van der Waals surface area contributed by atoms with Gasteiger partial charge in [-0.05, 0) is 36.5 Å². The van der Waals surface area contributed by atoms with E-state index in [0.717, 1.165) is 57.5 Å². The van der Waals surface area contributed by atoms with Crippen LogP contribution in [0, 0.1) is 5.92 Å². The van der Waals surface area contributed by atoms with Crippen LogP contribution < -0.4 is 5.32 Å². The second-order valence-corrected chi connectivity index (χ2v) is 9.16. The van der Waals surface area contributed by atoms with Gasteiger partial charge in [0.1, 0.15) is 0 Å². The summed E-state index contributed by atoms with van der Waals surface area (Å²) in [6.07, 6.45) is 3.05. The van der Waals surface area contributed by atoms with Crippen molar-refractivity contribution in [2.45, 2.75) is 46.2 Å². The molecule has 7 nitrogen and oxygen atoms in total. The first kappa shape index (κ1) is 21.6. The van der Waals surface area contributed by atoms with Gasteiger partial charge in [-0.25, -0.2) is 0 Å². The van der Waals surface area contributed by atoms with Gasteiger partial charge in [-0.15, -0.1) is 0 Å². The quantitative estimate of drug-likeness (QED) is 0.775. The minimum Gasteiger partial charge on any atom is -0.352 e. The van der Waals surface area contributed by atoms with Gasteiger partial charge in [0.25, 0.3) is 11.8 Å². The Morgan fingerprint density at radius 2 is 1.81 bits per heavy atom. The number of carbonyl (C=O) groups is 2. The van der Waals surface area contributed by atoms with Gasteiger partial charge >= 0.3 is 0 Å². The Kier molecular flexibility index (Phi) is 6.41. The van der Waals surface area contributed by atoms with Crippen molar-refractivity contribution in [3.05, 3.63) is 52.3 Å². The highest BCUT2D eigenvalue weighted by Crippen LogP contribution is 2.25. The standard InChI is InChI=1S/C24H33N5O2/c1-17(2)14-25-23(30)19-8-6-18(7-9-19)15-28-13-10-21-20(16-28)22(26-27(21)3)24(31)29-11-4-5-12-29/h6-9,17H,4-5,10-16H2,1-3H3,(H,25,30). The maximum atomic E-state index is 13.0. The number of nitrogens with one attached hydrogen (secondary N) is 1. The average Bonchev–Trinajstić information content (AvgIpc) is 3.41. The second kappa shape index (κ2) is 9.22. The number of hydrogen-bond acceptors (Lipinski definition) is 4.